The fourth-order valence-electron chi connectivity index (χ4n) is 6.80. The van der Waals surface area contributed by atoms with Gasteiger partial charge in [0.05, 0.1) is 30.6 Å². The van der Waals surface area contributed by atoms with Gasteiger partial charge in [-0.1, -0.05) is 57.2 Å². The highest BCUT2D eigenvalue weighted by molar-refractivity contribution is 6.06. The monoisotopic (exact) mass is 521 g/mol. The van der Waals surface area contributed by atoms with Crippen LogP contribution in [0, 0.1) is 31.6 Å². The number of hydrogen-bond acceptors (Lipinski definition) is 5. The fourth-order valence-corrected chi connectivity index (χ4v) is 6.80. The lowest BCUT2D eigenvalue weighted by Crippen LogP contribution is -2.59. The summed E-state index contributed by atoms with van der Waals surface area (Å²) in [7, 11) is 0. The third-order valence-electron chi connectivity index (χ3n) is 8.64. The zero-order valence-corrected chi connectivity index (χ0v) is 23.0. The van der Waals surface area contributed by atoms with Gasteiger partial charge >= 0.3 is 0 Å². The molecule has 0 aromatic heterocycles. The van der Waals surface area contributed by atoms with Crippen LogP contribution in [-0.2, 0) is 19.1 Å². The highest BCUT2D eigenvalue weighted by atomic mass is 16.5. The van der Waals surface area contributed by atoms with Crippen LogP contribution in [-0.4, -0.2) is 82.7 Å². The summed E-state index contributed by atoms with van der Waals surface area (Å²) in [6.07, 6.45) is 7.78. The van der Waals surface area contributed by atoms with Gasteiger partial charge in [-0.05, 0) is 43.4 Å². The number of carbonyl (C=O) groups excluding carboxylic acids is 3. The summed E-state index contributed by atoms with van der Waals surface area (Å²) in [5, 5.41) is 10.4. The minimum Gasteiger partial charge on any atom is -0.394 e. The van der Waals surface area contributed by atoms with Gasteiger partial charge in [-0.2, -0.15) is 0 Å². The molecule has 0 bridgehead atoms. The van der Waals surface area contributed by atoms with Gasteiger partial charge in [-0.25, -0.2) is 0 Å². The summed E-state index contributed by atoms with van der Waals surface area (Å²) < 4.78 is 6.71. The Morgan fingerprint density at radius 2 is 1.84 bits per heavy atom. The van der Waals surface area contributed by atoms with Crippen LogP contribution in [0.1, 0.15) is 38.3 Å². The van der Waals surface area contributed by atoms with Gasteiger partial charge in [0.1, 0.15) is 11.6 Å². The standard InChI is InChI=1S/C30H39N3O5/c1-6-13-31-14-7-9-23-24(27(31)35)25-28(36)33(22(17-34)18(2)3)26-29(37)32(15-8-12-30(25,26)38-23)21-16-19(4)10-11-20(21)5/h7-12,16,18,22-26,34H,6,13-15,17H2,1-5H3/t22-,23-,24+,25-,26?,30-/m0/s1. The Bertz CT molecular complexity index is 1190. The van der Waals surface area contributed by atoms with E-state index < -0.39 is 35.6 Å². The molecular formula is C30H39N3O5. The molecule has 0 saturated carbocycles. The first-order valence-corrected chi connectivity index (χ1v) is 13.8. The van der Waals surface area contributed by atoms with Crippen LogP contribution in [0.15, 0.2) is 42.5 Å². The van der Waals surface area contributed by atoms with Crippen molar-refractivity contribution in [1.29, 1.82) is 0 Å². The first kappa shape index (κ1) is 26.6. The van der Waals surface area contributed by atoms with E-state index in [0.29, 0.717) is 19.6 Å². The van der Waals surface area contributed by atoms with Crippen molar-refractivity contribution in [1.82, 2.24) is 9.80 Å². The molecule has 2 fully saturated rings. The number of nitrogens with zero attached hydrogens (tertiary/aromatic N) is 3. The average molecular weight is 522 g/mol. The van der Waals surface area contributed by atoms with E-state index in [1.165, 1.54) is 0 Å². The second kappa shape index (κ2) is 9.97. The van der Waals surface area contributed by atoms with Crippen molar-refractivity contribution < 1.29 is 24.2 Å². The van der Waals surface area contributed by atoms with E-state index in [0.717, 1.165) is 23.2 Å². The van der Waals surface area contributed by atoms with Gasteiger partial charge in [0.2, 0.25) is 11.8 Å². The summed E-state index contributed by atoms with van der Waals surface area (Å²) >= 11 is 0. The Hall–Kier alpha value is -2.97. The van der Waals surface area contributed by atoms with Gasteiger partial charge in [0.15, 0.2) is 0 Å². The summed E-state index contributed by atoms with van der Waals surface area (Å²) in [6.45, 7) is 10.9. The van der Waals surface area contributed by atoms with Crippen molar-refractivity contribution in [3.05, 3.63) is 53.6 Å². The van der Waals surface area contributed by atoms with Crippen LogP contribution < -0.4 is 4.90 Å². The Labute approximate surface area is 224 Å². The van der Waals surface area contributed by atoms with E-state index in [-0.39, 0.29) is 30.2 Å². The molecule has 2 saturated heterocycles. The predicted molar refractivity (Wildman–Crippen MR) is 144 cm³/mol. The fraction of sp³-hybridized carbons (Fsp3) is 0.567. The van der Waals surface area contributed by atoms with Crippen molar-refractivity contribution in [2.45, 2.75) is 64.8 Å². The number of amides is 3. The summed E-state index contributed by atoms with van der Waals surface area (Å²) in [6, 6.07) is 4.40. The topological polar surface area (TPSA) is 90.4 Å². The van der Waals surface area contributed by atoms with E-state index >= 15 is 0 Å². The van der Waals surface area contributed by atoms with Crippen molar-refractivity contribution in [2.24, 2.45) is 17.8 Å². The number of likely N-dealkylation sites (tertiary alicyclic amines) is 1. The number of aliphatic hydroxyl groups excluding tert-OH is 1. The second-order valence-corrected chi connectivity index (χ2v) is 11.4. The minimum absolute atomic E-state index is 0.105. The third kappa shape index (κ3) is 3.92. The number of anilines is 1. The van der Waals surface area contributed by atoms with Crippen molar-refractivity contribution in [2.75, 3.05) is 31.1 Å². The molecule has 38 heavy (non-hydrogen) atoms. The maximum atomic E-state index is 14.6. The molecule has 5 rings (SSSR count). The quantitative estimate of drug-likeness (QED) is 0.582. The number of carbonyl (C=O) groups is 3. The third-order valence-corrected chi connectivity index (χ3v) is 8.64. The summed E-state index contributed by atoms with van der Waals surface area (Å²) in [5.41, 5.74) is 1.47. The van der Waals surface area contributed by atoms with E-state index in [4.69, 9.17) is 4.74 Å². The predicted octanol–water partition coefficient (Wildman–Crippen LogP) is 2.61. The molecule has 6 atom stereocenters. The van der Waals surface area contributed by atoms with Crippen molar-refractivity contribution >= 4 is 23.4 Å². The first-order chi connectivity index (χ1) is 18.2. The Morgan fingerprint density at radius 3 is 2.53 bits per heavy atom. The highest BCUT2D eigenvalue weighted by Crippen LogP contribution is 2.54. The maximum absolute atomic E-state index is 14.6. The van der Waals surface area contributed by atoms with Crippen molar-refractivity contribution in [3.63, 3.8) is 0 Å². The number of fused-ring (bicyclic) bond motifs is 2. The number of aliphatic hydroxyl groups is 1. The molecule has 204 valence electrons. The van der Waals surface area contributed by atoms with E-state index in [1.54, 1.807) is 14.7 Å². The van der Waals surface area contributed by atoms with E-state index in [2.05, 4.69) is 0 Å². The van der Waals surface area contributed by atoms with Gasteiger partial charge in [0.25, 0.3) is 5.91 Å². The molecule has 4 heterocycles. The number of ether oxygens (including phenoxy) is 1. The lowest BCUT2D eigenvalue weighted by atomic mass is 9.77. The van der Waals surface area contributed by atoms with Crippen LogP contribution in [0.25, 0.3) is 0 Å². The molecule has 1 aromatic rings. The van der Waals surface area contributed by atoms with Crippen LogP contribution >= 0.6 is 0 Å². The van der Waals surface area contributed by atoms with Gasteiger partial charge < -0.3 is 24.5 Å². The molecule has 0 radical (unpaired) electrons. The van der Waals surface area contributed by atoms with E-state index in [9.17, 15) is 19.5 Å². The largest absolute Gasteiger partial charge is 0.394 e. The maximum Gasteiger partial charge on any atom is 0.253 e. The molecule has 1 N–H and O–H groups in total. The van der Waals surface area contributed by atoms with Gasteiger partial charge in [-0.15, -0.1) is 0 Å². The molecule has 4 aliphatic rings. The molecule has 0 aliphatic carbocycles. The Morgan fingerprint density at radius 1 is 1.08 bits per heavy atom. The lowest BCUT2D eigenvalue weighted by Gasteiger charge is -2.40. The highest BCUT2D eigenvalue weighted by Gasteiger charge is 2.72. The normalized spacial score (nSPS) is 31.4. The summed E-state index contributed by atoms with van der Waals surface area (Å²) in [5.74, 6) is -2.34. The van der Waals surface area contributed by atoms with Gasteiger partial charge in [-0.3, -0.25) is 14.4 Å². The summed E-state index contributed by atoms with van der Waals surface area (Å²) in [4.78, 5) is 47.9. The molecule has 8 nitrogen and oxygen atoms in total. The Kier molecular flexibility index (Phi) is 6.99. The molecular weight excluding hydrogens is 482 g/mol. The number of benzene rings is 1. The molecule has 1 unspecified atom stereocenters. The SMILES string of the molecule is CCCN1CC=C[C@@H]2O[C@]34C=CCN(c5cc(C)ccc5C)C(=O)C3N([C@@H](CO)C(C)C)C(=O)[C@@H]4[C@@H]2C1=O. The van der Waals surface area contributed by atoms with Crippen LogP contribution in [0.5, 0.6) is 0 Å². The number of aryl methyl sites for hydroxylation is 2. The van der Waals surface area contributed by atoms with Gasteiger partial charge in [0, 0.05) is 25.3 Å². The molecule has 1 aromatic carbocycles. The van der Waals surface area contributed by atoms with Crippen LogP contribution in [0.3, 0.4) is 0 Å². The number of hydrogen-bond donors (Lipinski definition) is 1. The zero-order chi connectivity index (χ0) is 27.4. The zero-order valence-electron chi connectivity index (χ0n) is 23.0. The second-order valence-electron chi connectivity index (χ2n) is 11.4. The van der Waals surface area contributed by atoms with Crippen LogP contribution in [0.4, 0.5) is 5.69 Å². The smallest absolute Gasteiger partial charge is 0.253 e. The van der Waals surface area contributed by atoms with E-state index in [1.807, 2.05) is 77.1 Å². The average Bonchev–Trinajstić information content (AvgIpc) is 3.19. The first-order valence-electron chi connectivity index (χ1n) is 13.8. The molecule has 4 aliphatic heterocycles. The molecule has 1 spiro atoms. The minimum atomic E-state index is -1.30. The van der Waals surface area contributed by atoms with Crippen molar-refractivity contribution in [3.8, 4) is 0 Å². The molecule has 8 heteroatoms. The molecule has 3 amide bonds. The van der Waals surface area contributed by atoms with Crippen LogP contribution in [0.2, 0.25) is 0 Å². The number of rotatable bonds is 6. The Balaban J connectivity index is 1.66. The lowest BCUT2D eigenvalue weighted by molar-refractivity contribution is -0.147.